The number of hydrogen-bond acceptors (Lipinski definition) is 4. The molecule has 0 heterocycles. The minimum absolute atomic E-state index is 0.134. The number of benzene rings is 1. The molecule has 0 spiro atoms. The Bertz CT molecular complexity index is 531. The second kappa shape index (κ2) is 10.4. The zero-order valence-electron chi connectivity index (χ0n) is 14.5. The van der Waals surface area contributed by atoms with E-state index in [9.17, 15) is 14.4 Å². The Hall–Kier alpha value is -2.37. The van der Waals surface area contributed by atoms with E-state index in [1.54, 1.807) is 6.92 Å². The van der Waals surface area contributed by atoms with E-state index in [0.29, 0.717) is 19.1 Å². The molecule has 2 amide bonds. The molecule has 24 heavy (non-hydrogen) atoms. The molecule has 6 heteroatoms. The fraction of sp³-hybridized carbons (Fsp3) is 0.500. The van der Waals surface area contributed by atoms with Gasteiger partial charge in [-0.1, -0.05) is 51.1 Å². The number of amides is 2. The number of alkyl carbamates (subject to hydrolysis) is 1. The van der Waals surface area contributed by atoms with Gasteiger partial charge < -0.3 is 20.2 Å². The average Bonchev–Trinajstić information content (AvgIpc) is 2.57. The lowest BCUT2D eigenvalue weighted by Crippen LogP contribution is -2.50. The highest BCUT2D eigenvalue weighted by Gasteiger charge is 2.24. The maximum atomic E-state index is 12.3. The first-order valence-corrected chi connectivity index (χ1v) is 8.19. The molecular formula is C18H26N2O4. The Morgan fingerprint density at radius 1 is 1.17 bits per heavy atom. The summed E-state index contributed by atoms with van der Waals surface area (Å²) < 4.78 is 5.15. The van der Waals surface area contributed by atoms with Crippen LogP contribution in [0.5, 0.6) is 0 Å². The summed E-state index contributed by atoms with van der Waals surface area (Å²) in [4.78, 5) is 35.1. The van der Waals surface area contributed by atoms with Crippen LogP contribution in [-0.4, -0.2) is 30.4 Å². The minimum atomic E-state index is -0.734. The van der Waals surface area contributed by atoms with Gasteiger partial charge in [0.25, 0.3) is 0 Å². The predicted octanol–water partition coefficient (Wildman–Crippen LogP) is 2.42. The highest BCUT2D eigenvalue weighted by molar-refractivity contribution is 5.87. The molecule has 0 saturated carbocycles. The highest BCUT2D eigenvalue weighted by atomic mass is 16.5. The summed E-state index contributed by atoms with van der Waals surface area (Å²) in [6.45, 7) is 5.84. The van der Waals surface area contributed by atoms with Crippen molar-refractivity contribution in [1.82, 2.24) is 10.6 Å². The fourth-order valence-corrected chi connectivity index (χ4v) is 2.13. The van der Waals surface area contributed by atoms with Crippen LogP contribution in [0, 0.1) is 5.92 Å². The second-order valence-corrected chi connectivity index (χ2v) is 6.05. The van der Waals surface area contributed by atoms with Crippen LogP contribution < -0.4 is 10.6 Å². The van der Waals surface area contributed by atoms with Crippen molar-refractivity contribution in [3.05, 3.63) is 35.9 Å². The summed E-state index contributed by atoms with van der Waals surface area (Å²) in [5.74, 6) is -0.175. The first kappa shape index (κ1) is 19.7. The van der Waals surface area contributed by atoms with E-state index in [1.807, 2.05) is 44.2 Å². The van der Waals surface area contributed by atoms with Crippen LogP contribution in [-0.2, 0) is 20.9 Å². The van der Waals surface area contributed by atoms with Crippen LogP contribution in [0.25, 0.3) is 0 Å². The van der Waals surface area contributed by atoms with Crippen LogP contribution in [0.1, 0.15) is 39.2 Å². The monoisotopic (exact) mass is 334 g/mol. The third-order valence-corrected chi connectivity index (χ3v) is 3.46. The predicted molar refractivity (Wildman–Crippen MR) is 91.3 cm³/mol. The van der Waals surface area contributed by atoms with Crippen molar-refractivity contribution in [1.29, 1.82) is 0 Å². The standard InChI is InChI=1S/C18H26N2O4/c1-4-15(11-21)19-17(22)16(10-13(2)3)20-18(23)24-12-14-8-6-5-7-9-14/h5-9,11,13,15-16H,4,10,12H2,1-3H3,(H,19,22)(H,20,23)/t15-,16-/m0/s1. The molecule has 0 aliphatic rings. The van der Waals surface area contributed by atoms with Gasteiger partial charge in [-0.2, -0.15) is 0 Å². The third kappa shape index (κ3) is 7.26. The van der Waals surface area contributed by atoms with Gasteiger partial charge in [0.1, 0.15) is 18.9 Å². The van der Waals surface area contributed by atoms with Crippen molar-refractivity contribution in [2.45, 2.75) is 52.3 Å². The lowest BCUT2D eigenvalue weighted by molar-refractivity contribution is -0.126. The molecule has 0 radical (unpaired) electrons. The zero-order chi connectivity index (χ0) is 17.9. The van der Waals surface area contributed by atoms with Gasteiger partial charge in [-0.3, -0.25) is 4.79 Å². The molecule has 0 aromatic heterocycles. The summed E-state index contributed by atoms with van der Waals surface area (Å²) in [5, 5.41) is 5.21. The normalized spacial score (nSPS) is 13.0. The van der Waals surface area contributed by atoms with Crippen LogP contribution >= 0.6 is 0 Å². The van der Waals surface area contributed by atoms with Crippen molar-refractivity contribution in [3.8, 4) is 0 Å². The first-order valence-electron chi connectivity index (χ1n) is 8.19. The second-order valence-electron chi connectivity index (χ2n) is 6.05. The SMILES string of the molecule is CC[C@@H](C=O)NC(=O)[C@H](CC(C)C)NC(=O)OCc1ccccc1. The van der Waals surface area contributed by atoms with Crippen molar-refractivity contribution in [2.75, 3.05) is 0 Å². The van der Waals surface area contributed by atoms with Gasteiger partial charge >= 0.3 is 6.09 Å². The molecule has 1 aromatic rings. The number of ether oxygens (including phenoxy) is 1. The molecule has 0 unspecified atom stereocenters. The van der Waals surface area contributed by atoms with Gasteiger partial charge in [0.2, 0.25) is 5.91 Å². The number of nitrogens with one attached hydrogen (secondary N) is 2. The molecule has 0 aliphatic heterocycles. The summed E-state index contributed by atoms with van der Waals surface area (Å²) >= 11 is 0. The Kier molecular flexibility index (Phi) is 8.54. The van der Waals surface area contributed by atoms with Crippen molar-refractivity contribution < 1.29 is 19.1 Å². The van der Waals surface area contributed by atoms with E-state index >= 15 is 0 Å². The zero-order valence-corrected chi connectivity index (χ0v) is 14.5. The minimum Gasteiger partial charge on any atom is -0.445 e. The number of hydrogen-bond donors (Lipinski definition) is 2. The van der Waals surface area contributed by atoms with Crippen LogP contribution in [0.4, 0.5) is 4.79 Å². The topological polar surface area (TPSA) is 84.5 Å². The Labute approximate surface area is 143 Å². The molecule has 1 rings (SSSR count). The average molecular weight is 334 g/mol. The van der Waals surface area contributed by atoms with Crippen LogP contribution in [0.15, 0.2) is 30.3 Å². The van der Waals surface area contributed by atoms with E-state index in [4.69, 9.17) is 4.74 Å². The Morgan fingerprint density at radius 3 is 2.38 bits per heavy atom. The molecule has 0 bridgehead atoms. The Balaban J connectivity index is 2.59. The van der Waals surface area contributed by atoms with E-state index in [2.05, 4.69) is 10.6 Å². The number of carbonyl (C=O) groups excluding carboxylic acids is 3. The summed E-state index contributed by atoms with van der Waals surface area (Å²) in [6.07, 6.45) is 1.00. The number of rotatable bonds is 9. The van der Waals surface area contributed by atoms with Gasteiger partial charge in [-0.15, -0.1) is 0 Å². The molecule has 2 atom stereocenters. The van der Waals surface area contributed by atoms with Gasteiger partial charge in [0.05, 0.1) is 6.04 Å². The first-order chi connectivity index (χ1) is 11.5. The van der Waals surface area contributed by atoms with Crippen molar-refractivity contribution in [2.24, 2.45) is 5.92 Å². The number of carbonyl (C=O) groups is 3. The van der Waals surface area contributed by atoms with Crippen molar-refractivity contribution >= 4 is 18.3 Å². The lowest BCUT2D eigenvalue weighted by atomic mass is 10.0. The van der Waals surface area contributed by atoms with Gasteiger partial charge in [-0.05, 0) is 24.3 Å². The molecule has 0 saturated heterocycles. The van der Waals surface area contributed by atoms with E-state index in [1.165, 1.54) is 0 Å². The molecule has 2 N–H and O–H groups in total. The Morgan fingerprint density at radius 2 is 1.83 bits per heavy atom. The lowest BCUT2D eigenvalue weighted by Gasteiger charge is -2.21. The summed E-state index contributed by atoms with van der Waals surface area (Å²) in [5.41, 5.74) is 0.865. The molecule has 1 aromatic carbocycles. The summed E-state index contributed by atoms with van der Waals surface area (Å²) in [7, 11) is 0. The maximum Gasteiger partial charge on any atom is 0.408 e. The molecular weight excluding hydrogens is 308 g/mol. The van der Waals surface area contributed by atoms with Gasteiger partial charge in [-0.25, -0.2) is 4.79 Å². The third-order valence-electron chi connectivity index (χ3n) is 3.46. The summed E-state index contributed by atoms with van der Waals surface area (Å²) in [6, 6.07) is 8.01. The highest BCUT2D eigenvalue weighted by Crippen LogP contribution is 2.07. The molecule has 0 fully saturated rings. The quantitative estimate of drug-likeness (QED) is 0.679. The smallest absolute Gasteiger partial charge is 0.408 e. The van der Waals surface area contributed by atoms with Gasteiger partial charge in [0.15, 0.2) is 0 Å². The largest absolute Gasteiger partial charge is 0.445 e. The molecule has 6 nitrogen and oxygen atoms in total. The van der Waals surface area contributed by atoms with Gasteiger partial charge in [0, 0.05) is 0 Å². The van der Waals surface area contributed by atoms with E-state index in [-0.39, 0.29) is 18.4 Å². The van der Waals surface area contributed by atoms with E-state index in [0.717, 1.165) is 5.56 Å². The molecule has 132 valence electrons. The molecule has 0 aliphatic carbocycles. The van der Waals surface area contributed by atoms with Crippen LogP contribution in [0.2, 0.25) is 0 Å². The fourth-order valence-electron chi connectivity index (χ4n) is 2.13. The maximum absolute atomic E-state index is 12.3. The number of aldehydes is 1. The van der Waals surface area contributed by atoms with Crippen molar-refractivity contribution in [3.63, 3.8) is 0 Å². The van der Waals surface area contributed by atoms with E-state index < -0.39 is 18.2 Å². The van der Waals surface area contributed by atoms with Crippen LogP contribution in [0.3, 0.4) is 0 Å².